The molecule has 2 N–H and O–H groups in total. The minimum Gasteiger partial charge on any atom is -0.419 e. The number of hydrogen-bond donors (Lipinski definition) is 2. The van der Waals surface area contributed by atoms with Crippen LogP contribution in [0, 0.1) is 0 Å². The first kappa shape index (κ1) is 22.5. The van der Waals surface area contributed by atoms with Crippen LogP contribution >= 0.6 is 0 Å². The predicted molar refractivity (Wildman–Crippen MR) is 102 cm³/mol. The molecule has 0 aromatic heterocycles. The van der Waals surface area contributed by atoms with Crippen LogP contribution in [0.15, 0.2) is 11.8 Å². The highest BCUT2D eigenvalue weighted by Gasteiger charge is 2.38. The summed E-state index contributed by atoms with van der Waals surface area (Å²) in [5.41, 5.74) is -0.0703. The van der Waals surface area contributed by atoms with Gasteiger partial charge in [-0.05, 0) is 26.4 Å². The largest absolute Gasteiger partial charge is 0.419 e. The lowest BCUT2D eigenvalue weighted by Gasteiger charge is -2.29. The van der Waals surface area contributed by atoms with Crippen LogP contribution in [-0.4, -0.2) is 37.9 Å². The van der Waals surface area contributed by atoms with Crippen molar-refractivity contribution in [1.82, 2.24) is 10.6 Å². The molecule has 0 bridgehead atoms. The van der Waals surface area contributed by atoms with E-state index in [2.05, 4.69) is 10.6 Å². The molecule has 1 fully saturated rings. The molecule has 1 aliphatic heterocycles. The van der Waals surface area contributed by atoms with Gasteiger partial charge in [0.25, 0.3) is 5.79 Å². The minimum atomic E-state index is -1.18. The van der Waals surface area contributed by atoms with Gasteiger partial charge in [0.05, 0.1) is 0 Å². The second-order valence-corrected chi connectivity index (χ2v) is 7.33. The molecule has 150 valence electrons. The summed E-state index contributed by atoms with van der Waals surface area (Å²) in [6.07, 6.45) is 14.1. The molecule has 0 saturated carbocycles. The zero-order chi connectivity index (χ0) is 19.3. The Balaban J connectivity index is 1.96. The van der Waals surface area contributed by atoms with E-state index in [-0.39, 0.29) is 5.57 Å². The first-order chi connectivity index (χ1) is 12.5. The van der Waals surface area contributed by atoms with E-state index in [1.165, 1.54) is 71.4 Å². The van der Waals surface area contributed by atoms with E-state index < -0.39 is 17.7 Å². The molecule has 0 aliphatic carbocycles. The van der Waals surface area contributed by atoms with Gasteiger partial charge < -0.3 is 20.1 Å². The van der Waals surface area contributed by atoms with Crippen molar-refractivity contribution in [2.75, 3.05) is 20.1 Å². The van der Waals surface area contributed by atoms with Crippen LogP contribution in [0.2, 0.25) is 0 Å². The van der Waals surface area contributed by atoms with Crippen molar-refractivity contribution in [1.29, 1.82) is 0 Å². The van der Waals surface area contributed by atoms with Gasteiger partial charge in [-0.3, -0.25) is 0 Å². The topological polar surface area (TPSA) is 76.7 Å². The summed E-state index contributed by atoms with van der Waals surface area (Å²) in [6, 6.07) is 0. The summed E-state index contributed by atoms with van der Waals surface area (Å²) in [6.45, 7) is 4.94. The molecule has 0 aromatic carbocycles. The molecule has 0 atom stereocenters. The third-order valence-corrected chi connectivity index (χ3v) is 4.36. The van der Waals surface area contributed by atoms with Crippen LogP contribution < -0.4 is 10.6 Å². The van der Waals surface area contributed by atoms with Crippen LogP contribution in [0.5, 0.6) is 0 Å². The monoisotopic (exact) mass is 368 g/mol. The normalized spacial score (nSPS) is 16.2. The number of carbonyl (C=O) groups excluding carboxylic acids is 2. The maximum absolute atomic E-state index is 11.8. The molecule has 0 aromatic rings. The molecule has 6 nitrogen and oxygen atoms in total. The van der Waals surface area contributed by atoms with Crippen LogP contribution in [0.4, 0.5) is 0 Å². The fourth-order valence-corrected chi connectivity index (χ4v) is 2.90. The number of rotatable bonds is 14. The maximum Gasteiger partial charge on any atom is 0.350 e. The van der Waals surface area contributed by atoms with Gasteiger partial charge in [0.15, 0.2) is 5.57 Å². The number of carbonyl (C=O) groups is 2. The van der Waals surface area contributed by atoms with E-state index in [0.29, 0.717) is 0 Å². The Bertz CT molecular complexity index is 439. The van der Waals surface area contributed by atoms with Gasteiger partial charge in [-0.15, -0.1) is 0 Å². The number of esters is 2. The van der Waals surface area contributed by atoms with Crippen molar-refractivity contribution in [2.24, 2.45) is 0 Å². The second kappa shape index (κ2) is 12.7. The zero-order valence-corrected chi connectivity index (χ0v) is 16.7. The van der Waals surface area contributed by atoms with Gasteiger partial charge in [-0.2, -0.15) is 0 Å². The Morgan fingerprint density at radius 1 is 0.769 bits per heavy atom. The van der Waals surface area contributed by atoms with E-state index >= 15 is 0 Å². The van der Waals surface area contributed by atoms with Gasteiger partial charge in [-0.25, -0.2) is 9.59 Å². The number of hydrogen-bond acceptors (Lipinski definition) is 6. The molecular formula is C20H36N2O4. The number of nitrogens with one attached hydrogen (secondary N) is 2. The average Bonchev–Trinajstić information content (AvgIpc) is 2.56. The Morgan fingerprint density at radius 3 is 1.65 bits per heavy atom. The van der Waals surface area contributed by atoms with Crippen molar-refractivity contribution in [3.05, 3.63) is 11.8 Å². The Morgan fingerprint density at radius 2 is 1.19 bits per heavy atom. The molecular weight excluding hydrogens is 332 g/mol. The summed E-state index contributed by atoms with van der Waals surface area (Å²) in [4.78, 5) is 23.5. The summed E-state index contributed by atoms with van der Waals surface area (Å²) < 4.78 is 10.1. The van der Waals surface area contributed by atoms with E-state index in [4.69, 9.17) is 9.47 Å². The van der Waals surface area contributed by atoms with Crippen LogP contribution in [0.1, 0.15) is 78.1 Å². The fraction of sp³-hybridized carbons (Fsp3) is 0.800. The van der Waals surface area contributed by atoms with Crippen molar-refractivity contribution < 1.29 is 19.1 Å². The molecule has 0 amide bonds. The Kier molecular flexibility index (Phi) is 11.0. The predicted octanol–water partition coefficient (Wildman–Crippen LogP) is 3.42. The summed E-state index contributed by atoms with van der Waals surface area (Å²) in [5, 5.41) is 6.19. The highest BCUT2D eigenvalue weighted by atomic mass is 16.7. The van der Waals surface area contributed by atoms with Crippen molar-refractivity contribution >= 4 is 11.9 Å². The van der Waals surface area contributed by atoms with Crippen LogP contribution in [-0.2, 0) is 19.1 Å². The third kappa shape index (κ3) is 9.80. The number of unbranched alkanes of at least 4 members (excludes halogenated alkanes) is 9. The first-order valence-electron chi connectivity index (χ1n) is 10.0. The molecule has 0 unspecified atom stereocenters. The fourth-order valence-electron chi connectivity index (χ4n) is 2.90. The third-order valence-electron chi connectivity index (χ3n) is 4.36. The second-order valence-electron chi connectivity index (χ2n) is 7.33. The van der Waals surface area contributed by atoms with E-state index in [9.17, 15) is 9.59 Å². The average molecular weight is 369 g/mol. The van der Waals surface area contributed by atoms with E-state index in [1.54, 1.807) is 0 Å². The number of cyclic esters (lactones) is 2. The van der Waals surface area contributed by atoms with Crippen molar-refractivity contribution in [3.63, 3.8) is 0 Å². The van der Waals surface area contributed by atoms with Crippen molar-refractivity contribution in [3.8, 4) is 0 Å². The van der Waals surface area contributed by atoms with Gasteiger partial charge in [0.1, 0.15) is 0 Å². The smallest absolute Gasteiger partial charge is 0.350 e. The summed E-state index contributed by atoms with van der Waals surface area (Å²) in [7, 11) is 2.00. The summed E-state index contributed by atoms with van der Waals surface area (Å²) >= 11 is 0. The van der Waals surface area contributed by atoms with Gasteiger partial charge in [-0.1, -0.05) is 51.4 Å². The molecule has 1 saturated heterocycles. The van der Waals surface area contributed by atoms with Gasteiger partial charge in [0, 0.05) is 26.6 Å². The maximum atomic E-state index is 11.8. The van der Waals surface area contributed by atoms with Crippen LogP contribution in [0.25, 0.3) is 0 Å². The lowest BCUT2D eigenvalue weighted by atomic mass is 10.1. The molecule has 1 rings (SSSR count). The molecule has 0 spiro atoms. The van der Waals surface area contributed by atoms with Crippen molar-refractivity contribution in [2.45, 2.75) is 83.8 Å². The molecule has 26 heavy (non-hydrogen) atoms. The molecule has 0 radical (unpaired) electrons. The van der Waals surface area contributed by atoms with E-state index in [1.807, 2.05) is 7.05 Å². The zero-order valence-electron chi connectivity index (χ0n) is 16.7. The standard InChI is InChI=1S/C20H36N2O4/c1-20(2)25-18(23)17(19(24)26-20)16-22-15-13-11-9-7-5-4-6-8-10-12-14-21-3/h16,21-22H,4-15H2,1-3H3. The highest BCUT2D eigenvalue weighted by Crippen LogP contribution is 2.22. The number of ether oxygens (including phenoxy) is 2. The Labute approximate surface area is 158 Å². The van der Waals surface area contributed by atoms with Gasteiger partial charge in [0.2, 0.25) is 0 Å². The van der Waals surface area contributed by atoms with Crippen LogP contribution in [0.3, 0.4) is 0 Å². The lowest BCUT2D eigenvalue weighted by molar-refractivity contribution is -0.222. The molecule has 6 heteroatoms. The molecule has 1 heterocycles. The minimum absolute atomic E-state index is 0.0703. The Hall–Kier alpha value is -1.56. The first-order valence-corrected chi connectivity index (χ1v) is 10.0. The molecule has 1 aliphatic rings. The van der Waals surface area contributed by atoms with Gasteiger partial charge >= 0.3 is 11.9 Å². The quantitative estimate of drug-likeness (QED) is 0.212. The SMILES string of the molecule is CNCCCCCCCCCCCCNC=C1C(=O)OC(C)(C)OC1=O. The van der Waals surface area contributed by atoms with E-state index in [0.717, 1.165) is 25.9 Å². The highest BCUT2D eigenvalue weighted by molar-refractivity contribution is 6.15. The summed E-state index contributed by atoms with van der Waals surface area (Å²) in [5.74, 6) is -2.45. The lowest BCUT2D eigenvalue weighted by Crippen LogP contribution is -2.42.